The van der Waals surface area contributed by atoms with Gasteiger partial charge in [-0.3, -0.25) is 4.79 Å². The molecule has 1 aliphatic heterocycles. The van der Waals surface area contributed by atoms with Crippen molar-refractivity contribution in [1.82, 2.24) is 10.1 Å². The van der Waals surface area contributed by atoms with Gasteiger partial charge in [-0.05, 0) is 39.5 Å². The lowest BCUT2D eigenvalue weighted by Crippen LogP contribution is -2.53. The van der Waals surface area contributed by atoms with E-state index in [-0.39, 0.29) is 23.7 Å². The summed E-state index contributed by atoms with van der Waals surface area (Å²) in [6.45, 7) is 4.30. The van der Waals surface area contributed by atoms with Crippen molar-refractivity contribution in [2.75, 3.05) is 20.8 Å². The van der Waals surface area contributed by atoms with Crippen molar-refractivity contribution in [3.05, 3.63) is 17.0 Å². The van der Waals surface area contributed by atoms with E-state index in [0.717, 1.165) is 25.7 Å². The van der Waals surface area contributed by atoms with Gasteiger partial charge in [-0.15, -0.1) is 0 Å². The van der Waals surface area contributed by atoms with Crippen LogP contribution in [0.15, 0.2) is 4.52 Å². The van der Waals surface area contributed by atoms with Gasteiger partial charge in [0.25, 0.3) is 5.91 Å². The Hall–Kier alpha value is -1.40. The number of nitrogens with zero attached hydrogens (tertiary/aromatic N) is 2. The maximum atomic E-state index is 13.0. The molecule has 0 spiro atoms. The third-order valence-electron chi connectivity index (χ3n) is 5.38. The molecule has 1 aliphatic carbocycles. The largest absolute Gasteiger partial charge is 0.381 e. The van der Waals surface area contributed by atoms with Gasteiger partial charge in [-0.25, -0.2) is 0 Å². The van der Waals surface area contributed by atoms with Gasteiger partial charge in [0.2, 0.25) is 0 Å². The first-order valence-electron chi connectivity index (χ1n) is 7.84. The molecule has 3 atom stereocenters. The Kier molecular flexibility index (Phi) is 3.99. The summed E-state index contributed by atoms with van der Waals surface area (Å²) in [4.78, 5) is 14.9. The summed E-state index contributed by atoms with van der Waals surface area (Å²) in [7, 11) is 3.49. The van der Waals surface area contributed by atoms with E-state index in [4.69, 9.17) is 14.0 Å². The number of amides is 1. The lowest BCUT2D eigenvalue weighted by molar-refractivity contribution is -0.0893. The summed E-state index contributed by atoms with van der Waals surface area (Å²) in [5.74, 6) is 0.577. The Labute approximate surface area is 130 Å². The molecule has 0 radical (unpaired) electrons. The molecule has 122 valence electrons. The molecule has 3 rings (SSSR count). The van der Waals surface area contributed by atoms with E-state index < -0.39 is 0 Å². The van der Waals surface area contributed by atoms with E-state index in [9.17, 15) is 4.79 Å². The number of carbonyl (C=O) groups is 1. The molecule has 2 aliphatic rings. The lowest BCUT2D eigenvalue weighted by Gasteiger charge is -2.43. The number of methoxy groups -OCH3 is 2. The Bertz CT molecular complexity index is 551. The minimum Gasteiger partial charge on any atom is -0.381 e. The van der Waals surface area contributed by atoms with E-state index in [2.05, 4.69) is 5.16 Å². The molecule has 1 saturated carbocycles. The molecule has 1 amide bonds. The highest BCUT2D eigenvalue weighted by molar-refractivity contribution is 5.96. The molecular formula is C16H24N2O4. The van der Waals surface area contributed by atoms with Crippen molar-refractivity contribution in [2.45, 2.75) is 57.3 Å². The summed E-state index contributed by atoms with van der Waals surface area (Å²) < 4.78 is 16.5. The zero-order valence-electron chi connectivity index (χ0n) is 13.7. The third kappa shape index (κ3) is 2.25. The van der Waals surface area contributed by atoms with Crippen molar-refractivity contribution in [1.29, 1.82) is 0 Å². The van der Waals surface area contributed by atoms with E-state index in [1.807, 2.05) is 11.8 Å². The second-order valence-corrected chi connectivity index (χ2v) is 6.36. The first kappa shape index (κ1) is 15.5. The molecule has 2 fully saturated rings. The average molecular weight is 308 g/mol. The summed E-state index contributed by atoms with van der Waals surface area (Å²) in [5, 5.41) is 3.90. The minimum atomic E-state index is -0.232. The molecular weight excluding hydrogens is 284 g/mol. The van der Waals surface area contributed by atoms with Gasteiger partial charge in [0.15, 0.2) is 0 Å². The average Bonchev–Trinajstić information content (AvgIpc) is 3.07. The second-order valence-electron chi connectivity index (χ2n) is 6.36. The predicted octanol–water partition coefficient (Wildman–Crippen LogP) is 2.09. The highest BCUT2D eigenvalue weighted by atomic mass is 16.5. The van der Waals surface area contributed by atoms with Crippen LogP contribution in [0.4, 0.5) is 0 Å². The number of fused-ring (bicyclic) bond motifs is 1. The number of hydrogen-bond acceptors (Lipinski definition) is 5. The van der Waals surface area contributed by atoms with Crippen LogP contribution in [0, 0.1) is 13.8 Å². The van der Waals surface area contributed by atoms with Crippen LogP contribution in [-0.2, 0) is 9.47 Å². The van der Waals surface area contributed by atoms with Crippen molar-refractivity contribution in [2.24, 2.45) is 0 Å². The number of ether oxygens (including phenoxy) is 2. The highest BCUT2D eigenvalue weighted by Crippen LogP contribution is 2.43. The number of hydrogen-bond donors (Lipinski definition) is 0. The molecule has 0 N–H and O–H groups in total. The van der Waals surface area contributed by atoms with Crippen LogP contribution in [0.2, 0.25) is 0 Å². The van der Waals surface area contributed by atoms with Crippen LogP contribution >= 0.6 is 0 Å². The summed E-state index contributed by atoms with van der Waals surface area (Å²) >= 11 is 0. The number of aryl methyl sites for hydroxylation is 2. The number of aromatic nitrogens is 1. The third-order valence-corrected chi connectivity index (χ3v) is 5.38. The molecule has 6 nitrogen and oxygen atoms in total. The predicted molar refractivity (Wildman–Crippen MR) is 79.8 cm³/mol. The first-order valence-corrected chi connectivity index (χ1v) is 7.84. The van der Waals surface area contributed by atoms with Crippen molar-refractivity contribution in [3.8, 4) is 0 Å². The summed E-state index contributed by atoms with van der Waals surface area (Å²) in [6.07, 6.45) is 3.79. The Morgan fingerprint density at radius 2 is 2.14 bits per heavy atom. The minimum absolute atomic E-state index is 0.00284. The monoisotopic (exact) mass is 308 g/mol. The molecule has 2 heterocycles. The number of likely N-dealkylation sites (tertiary alicyclic amines) is 1. The number of carbonyl (C=O) groups excluding carboxylic acids is 1. The fraction of sp³-hybridized carbons (Fsp3) is 0.750. The van der Waals surface area contributed by atoms with Gasteiger partial charge >= 0.3 is 0 Å². The fourth-order valence-corrected chi connectivity index (χ4v) is 4.05. The quantitative estimate of drug-likeness (QED) is 0.855. The Morgan fingerprint density at radius 1 is 1.36 bits per heavy atom. The summed E-state index contributed by atoms with van der Waals surface area (Å²) in [6, 6.07) is 0.0531. The van der Waals surface area contributed by atoms with Crippen molar-refractivity contribution >= 4 is 5.91 Å². The van der Waals surface area contributed by atoms with Crippen LogP contribution in [0.5, 0.6) is 0 Å². The zero-order valence-corrected chi connectivity index (χ0v) is 13.7. The Balaban J connectivity index is 1.89. The molecule has 1 aromatic rings. The van der Waals surface area contributed by atoms with E-state index in [1.165, 1.54) is 0 Å². The topological polar surface area (TPSA) is 64.8 Å². The standard InChI is InChI=1S/C16H24N2O4/c1-10-14(11(2)22-17-10)15(19)18-8-7-16(21-4)6-5-12(20-3)9-13(16)18/h12-13H,5-9H2,1-4H3/t12-,13-,16+/m1/s1. The van der Waals surface area contributed by atoms with Crippen LogP contribution in [0.25, 0.3) is 0 Å². The lowest BCUT2D eigenvalue weighted by atomic mass is 9.79. The normalized spacial score (nSPS) is 31.4. The second kappa shape index (κ2) is 5.66. The van der Waals surface area contributed by atoms with E-state index in [1.54, 1.807) is 21.1 Å². The van der Waals surface area contributed by atoms with E-state index >= 15 is 0 Å². The molecule has 22 heavy (non-hydrogen) atoms. The molecule has 1 saturated heterocycles. The Morgan fingerprint density at radius 3 is 2.73 bits per heavy atom. The molecule has 0 bridgehead atoms. The van der Waals surface area contributed by atoms with Gasteiger partial charge in [0.1, 0.15) is 11.3 Å². The smallest absolute Gasteiger partial charge is 0.259 e. The molecule has 0 aromatic carbocycles. The maximum absolute atomic E-state index is 13.0. The van der Waals surface area contributed by atoms with E-state index in [0.29, 0.717) is 23.6 Å². The highest BCUT2D eigenvalue weighted by Gasteiger charge is 2.53. The van der Waals surface area contributed by atoms with Crippen LogP contribution in [-0.4, -0.2) is 54.5 Å². The maximum Gasteiger partial charge on any atom is 0.259 e. The van der Waals surface area contributed by atoms with Gasteiger partial charge < -0.3 is 18.9 Å². The SMILES string of the molecule is CO[C@@H]1CC[C@]2(OC)CCN(C(=O)c3c(C)noc3C)[C@@H]2C1. The van der Waals surface area contributed by atoms with Crippen LogP contribution in [0.1, 0.15) is 47.5 Å². The molecule has 1 aromatic heterocycles. The van der Waals surface area contributed by atoms with Gasteiger partial charge in [-0.1, -0.05) is 5.16 Å². The fourth-order valence-electron chi connectivity index (χ4n) is 4.05. The zero-order chi connectivity index (χ0) is 15.9. The van der Waals surface area contributed by atoms with Gasteiger partial charge in [-0.2, -0.15) is 0 Å². The van der Waals surface area contributed by atoms with Crippen LogP contribution in [0.3, 0.4) is 0 Å². The summed E-state index contributed by atoms with van der Waals surface area (Å²) in [5.41, 5.74) is 1.01. The number of rotatable bonds is 3. The first-order chi connectivity index (χ1) is 10.5. The van der Waals surface area contributed by atoms with Gasteiger partial charge in [0.05, 0.1) is 23.4 Å². The van der Waals surface area contributed by atoms with Crippen molar-refractivity contribution in [3.63, 3.8) is 0 Å². The van der Waals surface area contributed by atoms with Gasteiger partial charge in [0, 0.05) is 20.8 Å². The molecule has 6 heteroatoms. The molecule has 0 unspecified atom stereocenters. The van der Waals surface area contributed by atoms with Crippen LogP contribution < -0.4 is 0 Å². The van der Waals surface area contributed by atoms with Crippen molar-refractivity contribution < 1.29 is 18.8 Å².